The van der Waals surface area contributed by atoms with Gasteiger partial charge >= 0.3 is 0 Å². The second kappa shape index (κ2) is 8.36. The third-order valence-electron chi connectivity index (χ3n) is 7.02. The predicted molar refractivity (Wildman–Crippen MR) is 112 cm³/mol. The average Bonchev–Trinajstić information content (AvgIpc) is 3.16. The Hall–Kier alpha value is -1.44. The number of piperazine rings is 1. The third kappa shape index (κ3) is 4.23. The molecule has 2 heterocycles. The molecule has 1 N–H and O–H groups in total. The Labute approximate surface area is 174 Å². The van der Waals surface area contributed by atoms with Crippen molar-refractivity contribution in [1.82, 2.24) is 9.21 Å². The quantitative estimate of drug-likeness (QED) is 0.786. The molecule has 160 valence electrons. The SMILES string of the molecule is C[C@H]1CCC[C@H](C)N1C(=O)C[NH+]1CCN(S(=O)(=O)c2ccc3c(c2)CCC3)CC1. The van der Waals surface area contributed by atoms with Gasteiger partial charge < -0.3 is 9.80 Å². The van der Waals surface area contributed by atoms with Crippen molar-refractivity contribution in [1.29, 1.82) is 0 Å². The van der Waals surface area contributed by atoms with Crippen LogP contribution in [0.5, 0.6) is 0 Å². The minimum absolute atomic E-state index is 0.217. The van der Waals surface area contributed by atoms with Crippen LogP contribution in [0.15, 0.2) is 23.1 Å². The molecule has 1 aromatic carbocycles. The molecule has 7 heteroatoms. The summed E-state index contributed by atoms with van der Waals surface area (Å²) < 4.78 is 27.8. The molecule has 0 bridgehead atoms. The Morgan fingerprint density at radius 3 is 2.38 bits per heavy atom. The maximum absolute atomic E-state index is 13.1. The van der Waals surface area contributed by atoms with Crippen LogP contribution in [-0.2, 0) is 27.7 Å². The van der Waals surface area contributed by atoms with Crippen LogP contribution < -0.4 is 4.90 Å². The van der Waals surface area contributed by atoms with Gasteiger partial charge in [-0.2, -0.15) is 4.31 Å². The first-order valence-electron chi connectivity index (χ1n) is 11.1. The number of fused-ring (bicyclic) bond motifs is 1. The summed E-state index contributed by atoms with van der Waals surface area (Å²) in [6.45, 7) is 7.09. The van der Waals surface area contributed by atoms with E-state index >= 15 is 0 Å². The molecule has 0 saturated carbocycles. The number of nitrogens with one attached hydrogen (secondary N) is 1. The van der Waals surface area contributed by atoms with Crippen molar-refractivity contribution in [3.05, 3.63) is 29.3 Å². The van der Waals surface area contributed by atoms with E-state index in [4.69, 9.17) is 0 Å². The molecule has 2 fully saturated rings. The van der Waals surface area contributed by atoms with Gasteiger partial charge in [0.1, 0.15) is 0 Å². The molecule has 0 aromatic heterocycles. The highest BCUT2D eigenvalue weighted by Crippen LogP contribution is 2.26. The minimum Gasteiger partial charge on any atom is -0.332 e. The van der Waals surface area contributed by atoms with Crippen LogP contribution in [0, 0.1) is 0 Å². The van der Waals surface area contributed by atoms with E-state index in [1.807, 2.05) is 12.1 Å². The molecule has 3 aliphatic rings. The molecule has 2 aliphatic heterocycles. The second-order valence-corrected chi connectivity index (χ2v) is 11.0. The molecule has 2 saturated heterocycles. The first-order chi connectivity index (χ1) is 13.9. The highest BCUT2D eigenvalue weighted by Gasteiger charge is 2.35. The highest BCUT2D eigenvalue weighted by molar-refractivity contribution is 7.89. The van der Waals surface area contributed by atoms with Gasteiger partial charge in [-0.3, -0.25) is 4.79 Å². The van der Waals surface area contributed by atoms with E-state index in [0.29, 0.717) is 49.7 Å². The molecule has 0 radical (unpaired) electrons. The highest BCUT2D eigenvalue weighted by atomic mass is 32.2. The standard InChI is InChI=1S/C22H33N3O3S/c1-17-5-3-6-18(2)25(17)22(26)16-23-11-13-24(14-12-23)29(27,28)21-10-9-19-7-4-8-20(19)15-21/h9-10,15,17-18H,3-8,11-14,16H2,1-2H3/p+1/t17-,18-/m0/s1. The smallest absolute Gasteiger partial charge is 0.278 e. The lowest BCUT2D eigenvalue weighted by Gasteiger charge is -2.40. The monoisotopic (exact) mass is 420 g/mol. The number of hydrogen-bond acceptors (Lipinski definition) is 3. The Morgan fingerprint density at radius 2 is 1.69 bits per heavy atom. The van der Waals surface area contributed by atoms with Crippen molar-refractivity contribution < 1.29 is 18.1 Å². The Bertz CT molecular complexity index is 852. The number of nitrogens with zero attached hydrogens (tertiary/aromatic N) is 2. The molecule has 29 heavy (non-hydrogen) atoms. The molecule has 1 amide bonds. The van der Waals surface area contributed by atoms with Gasteiger partial charge in [0.2, 0.25) is 10.0 Å². The van der Waals surface area contributed by atoms with Crippen LogP contribution in [0.3, 0.4) is 0 Å². The average molecular weight is 421 g/mol. The summed E-state index contributed by atoms with van der Waals surface area (Å²) in [5.41, 5.74) is 2.48. The van der Waals surface area contributed by atoms with Crippen molar-refractivity contribution in [3.63, 3.8) is 0 Å². The molecule has 6 nitrogen and oxygen atoms in total. The molecule has 1 aliphatic carbocycles. The summed E-state index contributed by atoms with van der Waals surface area (Å²) in [5.74, 6) is 0.217. The molecular formula is C22H34N3O3S+. The second-order valence-electron chi connectivity index (χ2n) is 9.04. The molecule has 4 rings (SSSR count). The van der Waals surface area contributed by atoms with Gasteiger partial charge in [0.15, 0.2) is 6.54 Å². The largest absolute Gasteiger partial charge is 0.332 e. The number of piperidine rings is 1. The van der Waals surface area contributed by atoms with Crippen LogP contribution in [0.25, 0.3) is 0 Å². The van der Waals surface area contributed by atoms with Crippen LogP contribution in [0.2, 0.25) is 0 Å². The van der Waals surface area contributed by atoms with Crippen LogP contribution in [0.1, 0.15) is 50.7 Å². The lowest BCUT2D eigenvalue weighted by atomic mass is 9.97. The van der Waals surface area contributed by atoms with Gasteiger partial charge in [-0.25, -0.2) is 8.42 Å². The Kier molecular flexibility index (Phi) is 6.00. The van der Waals surface area contributed by atoms with E-state index in [-0.39, 0.29) is 5.91 Å². The zero-order valence-corrected chi connectivity index (χ0v) is 18.5. The number of benzene rings is 1. The van der Waals surface area contributed by atoms with Gasteiger partial charge in [-0.1, -0.05) is 6.07 Å². The first-order valence-corrected chi connectivity index (χ1v) is 12.6. The van der Waals surface area contributed by atoms with E-state index in [0.717, 1.165) is 32.1 Å². The lowest BCUT2D eigenvalue weighted by Crippen LogP contribution is -3.15. The molecule has 0 spiro atoms. The van der Waals surface area contributed by atoms with E-state index in [9.17, 15) is 13.2 Å². The van der Waals surface area contributed by atoms with Crippen LogP contribution in [0.4, 0.5) is 0 Å². The summed E-state index contributed by atoms with van der Waals surface area (Å²) in [7, 11) is -3.45. The van der Waals surface area contributed by atoms with E-state index in [1.165, 1.54) is 22.4 Å². The number of carbonyl (C=O) groups excluding carboxylic acids is 1. The van der Waals surface area contributed by atoms with Crippen LogP contribution >= 0.6 is 0 Å². The van der Waals surface area contributed by atoms with E-state index in [1.54, 1.807) is 10.4 Å². The lowest BCUT2D eigenvalue weighted by molar-refractivity contribution is -0.896. The molecule has 2 atom stereocenters. The van der Waals surface area contributed by atoms with Crippen molar-refractivity contribution in [3.8, 4) is 0 Å². The zero-order valence-electron chi connectivity index (χ0n) is 17.7. The van der Waals surface area contributed by atoms with Crippen molar-refractivity contribution in [2.24, 2.45) is 0 Å². The van der Waals surface area contributed by atoms with E-state index < -0.39 is 10.0 Å². The van der Waals surface area contributed by atoms with Crippen molar-refractivity contribution in [2.45, 2.75) is 69.4 Å². The minimum atomic E-state index is -3.45. The number of aryl methyl sites for hydroxylation is 2. The number of carbonyl (C=O) groups is 1. The topological polar surface area (TPSA) is 62.1 Å². The number of quaternary nitrogens is 1. The van der Waals surface area contributed by atoms with Gasteiger partial charge in [-0.15, -0.1) is 0 Å². The molecule has 0 unspecified atom stereocenters. The van der Waals surface area contributed by atoms with Crippen molar-refractivity contribution in [2.75, 3.05) is 32.7 Å². The van der Waals surface area contributed by atoms with Gasteiger partial charge in [0, 0.05) is 12.1 Å². The van der Waals surface area contributed by atoms with Crippen LogP contribution in [-0.4, -0.2) is 68.3 Å². The van der Waals surface area contributed by atoms with Gasteiger partial charge in [0.05, 0.1) is 31.1 Å². The van der Waals surface area contributed by atoms with Gasteiger partial charge in [-0.05, 0) is 75.6 Å². The fourth-order valence-corrected chi connectivity index (χ4v) is 6.79. The molecule has 1 aromatic rings. The summed E-state index contributed by atoms with van der Waals surface area (Å²) in [5, 5.41) is 0. The summed E-state index contributed by atoms with van der Waals surface area (Å²) >= 11 is 0. The maximum atomic E-state index is 13.1. The molecular weight excluding hydrogens is 386 g/mol. The summed E-state index contributed by atoms with van der Waals surface area (Å²) in [6, 6.07) is 6.25. The zero-order chi connectivity index (χ0) is 20.6. The fraction of sp³-hybridized carbons (Fsp3) is 0.682. The van der Waals surface area contributed by atoms with E-state index in [2.05, 4.69) is 18.7 Å². The number of rotatable bonds is 4. The Balaban J connectivity index is 1.36. The number of likely N-dealkylation sites (tertiary alicyclic amines) is 1. The third-order valence-corrected chi connectivity index (χ3v) is 8.91. The summed E-state index contributed by atoms with van der Waals surface area (Å²) in [4.78, 5) is 16.5. The number of hydrogen-bond donors (Lipinski definition) is 1. The normalized spacial score (nSPS) is 26.5. The summed E-state index contributed by atoms with van der Waals surface area (Å²) in [6.07, 6.45) is 6.50. The number of amides is 1. The Morgan fingerprint density at radius 1 is 1.03 bits per heavy atom. The fourth-order valence-electron chi connectivity index (χ4n) is 5.30. The van der Waals surface area contributed by atoms with Gasteiger partial charge in [0.25, 0.3) is 5.91 Å². The first kappa shape index (κ1) is 20.8. The van der Waals surface area contributed by atoms with Crippen molar-refractivity contribution >= 4 is 15.9 Å². The maximum Gasteiger partial charge on any atom is 0.278 e. The number of sulfonamides is 1. The predicted octanol–water partition coefficient (Wildman–Crippen LogP) is 0.854.